The molecule has 0 amide bonds. The first-order valence-electron chi connectivity index (χ1n) is 12.0. The summed E-state index contributed by atoms with van der Waals surface area (Å²) in [5.74, 6) is 0.807. The van der Waals surface area contributed by atoms with Crippen LogP contribution in [0.3, 0.4) is 0 Å². The summed E-state index contributed by atoms with van der Waals surface area (Å²) in [5, 5.41) is 11.8. The second kappa shape index (κ2) is 8.34. The van der Waals surface area contributed by atoms with Crippen LogP contribution in [0.4, 0.5) is 10.1 Å². The minimum absolute atomic E-state index is 0.300. The number of aromatic nitrogens is 7. The van der Waals surface area contributed by atoms with Crippen LogP contribution in [0.15, 0.2) is 79.5 Å². The molecule has 5 heterocycles. The number of allylic oxidation sites excluding steroid dienone is 1. The fourth-order valence-electron chi connectivity index (χ4n) is 4.54. The number of nitrogens with one attached hydrogen (secondary N) is 3. The molecule has 1 aliphatic rings. The smallest absolute Gasteiger partial charge is 0.178 e. The van der Waals surface area contributed by atoms with Crippen LogP contribution in [-0.4, -0.2) is 35.1 Å². The summed E-state index contributed by atoms with van der Waals surface area (Å²) >= 11 is 0. The Morgan fingerprint density at radius 3 is 2.81 bits per heavy atom. The van der Waals surface area contributed by atoms with Crippen LogP contribution in [0, 0.1) is 11.7 Å². The summed E-state index contributed by atoms with van der Waals surface area (Å²) in [7, 11) is 0. The van der Waals surface area contributed by atoms with Crippen molar-refractivity contribution in [1.29, 1.82) is 0 Å². The van der Waals surface area contributed by atoms with Gasteiger partial charge in [0.15, 0.2) is 11.5 Å². The van der Waals surface area contributed by atoms with Gasteiger partial charge in [0.25, 0.3) is 0 Å². The molecule has 9 heteroatoms. The third-order valence-corrected chi connectivity index (χ3v) is 6.61. The van der Waals surface area contributed by atoms with E-state index in [1.807, 2.05) is 24.3 Å². The van der Waals surface area contributed by atoms with Crippen molar-refractivity contribution in [3.05, 3.63) is 85.3 Å². The Morgan fingerprint density at radius 1 is 1.03 bits per heavy atom. The molecule has 7 rings (SSSR count). The molecule has 0 unspecified atom stereocenters. The second-order valence-corrected chi connectivity index (χ2v) is 9.23. The molecule has 0 radical (unpaired) electrons. The largest absolute Gasteiger partial charge is 0.358 e. The lowest BCUT2D eigenvalue weighted by molar-refractivity contribution is 0.628. The highest BCUT2D eigenvalue weighted by Crippen LogP contribution is 2.36. The zero-order valence-electron chi connectivity index (χ0n) is 19.7. The number of anilines is 1. The summed E-state index contributed by atoms with van der Waals surface area (Å²) in [6, 6.07) is 12.3. The van der Waals surface area contributed by atoms with Crippen LogP contribution in [0.2, 0.25) is 0 Å². The van der Waals surface area contributed by atoms with Crippen LogP contribution in [0.1, 0.15) is 12.8 Å². The predicted octanol–water partition coefficient (Wildman–Crippen LogP) is 6.10. The third-order valence-electron chi connectivity index (χ3n) is 6.61. The normalized spacial score (nSPS) is 13.3. The summed E-state index contributed by atoms with van der Waals surface area (Å²) < 4.78 is 13.9. The molecule has 0 bridgehead atoms. The number of benzene rings is 1. The maximum Gasteiger partial charge on any atom is 0.178 e. The van der Waals surface area contributed by atoms with Gasteiger partial charge in [0.1, 0.15) is 11.5 Å². The number of aromatic amines is 2. The van der Waals surface area contributed by atoms with E-state index < -0.39 is 0 Å². The zero-order chi connectivity index (χ0) is 24.9. The first kappa shape index (κ1) is 21.4. The molecule has 1 saturated carbocycles. The van der Waals surface area contributed by atoms with Crippen molar-refractivity contribution in [1.82, 2.24) is 35.1 Å². The number of nitrogens with zero attached hydrogens (tertiary/aromatic N) is 5. The van der Waals surface area contributed by atoms with E-state index >= 15 is 0 Å². The average Bonchev–Trinajstić information content (AvgIpc) is 3.55. The first-order valence-corrected chi connectivity index (χ1v) is 12.0. The molecule has 1 aliphatic carbocycles. The number of fused-ring (bicyclic) bond motifs is 2. The van der Waals surface area contributed by atoms with Crippen molar-refractivity contribution in [2.24, 2.45) is 5.92 Å². The van der Waals surface area contributed by atoms with Crippen LogP contribution in [0.25, 0.3) is 56.0 Å². The number of rotatable bonds is 6. The first-order chi connectivity index (χ1) is 18.1. The minimum Gasteiger partial charge on any atom is -0.358 e. The van der Waals surface area contributed by atoms with Gasteiger partial charge >= 0.3 is 0 Å². The topological polar surface area (TPSA) is 108 Å². The van der Waals surface area contributed by atoms with Crippen LogP contribution >= 0.6 is 0 Å². The molecule has 8 nitrogen and oxygen atoms in total. The van der Waals surface area contributed by atoms with Crippen molar-refractivity contribution >= 4 is 27.8 Å². The average molecular weight is 489 g/mol. The fraction of sp³-hybridized carbons (Fsp3) is 0.107. The van der Waals surface area contributed by atoms with E-state index in [1.54, 1.807) is 30.9 Å². The van der Waals surface area contributed by atoms with Gasteiger partial charge in [-0.15, -0.1) is 0 Å². The quantitative estimate of drug-likeness (QED) is 0.261. The highest BCUT2D eigenvalue weighted by atomic mass is 19.1. The van der Waals surface area contributed by atoms with Gasteiger partial charge in [-0.1, -0.05) is 18.7 Å². The lowest BCUT2D eigenvalue weighted by atomic mass is 10.1. The van der Waals surface area contributed by atoms with E-state index in [9.17, 15) is 4.39 Å². The van der Waals surface area contributed by atoms with Crippen molar-refractivity contribution in [3.63, 3.8) is 0 Å². The second-order valence-electron chi connectivity index (χ2n) is 9.23. The number of hydrogen-bond acceptors (Lipinski definition) is 6. The maximum absolute atomic E-state index is 13.9. The molecule has 1 aromatic carbocycles. The Labute approximate surface area is 210 Å². The molecule has 3 N–H and O–H groups in total. The Kier molecular flexibility index (Phi) is 4.81. The Balaban J connectivity index is 1.28. The van der Waals surface area contributed by atoms with Crippen molar-refractivity contribution in [3.8, 4) is 33.9 Å². The fourth-order valence-corrected chi connectivity index (χ4v) is 4.54. The summed E-state index contributed by atoms with van der Waals surface area (Å²) in [4.78, 5) is 21.5. The van der Waals surface area contributed by atoms with Gasteiger partial charge in [-0.05, 0) is 54.7 Å². The van der Waals surface area contributed by atoms with E-state index in [4.69, 9.17) is 4.98 Å². The Bertz CT molecular complexity index is 1810. The van der Waals surface area contributed by atoms with Gasteiger partial charge in [-0.25, -0.2) is 14.4 Å². The van der Waals surface area contributed by atoms with Gasteiger partial charge in [-0.3, -0.25) is 15.1 Å². The number of pyridine rings is 3. The molecule has 0 atom stereocenters. The van der Waals surface area contributed by atoms with E-state index in [0.717, 1.165) is 44.7 Å². The van der Waals surface area contributed by atoms with Crippen molar-refractivity contribution in [2.45, 2.75) is 12.8 Å². The molecule has 1 fully saturated rings. The van der Waals surface area contributed by atoms with E-state index in [-0.39, 0.29) is 5.82 Å². The van der Waals surface area contributed by atoms with Crippen LogP contribution < -0.4 is 5.32 Å². The standard InChI is InChI=1S/C28H21FN8/c1-15(16-5-6-16)33-20-10-18(12-30-13-20)23-11-22-24(14-32-23)36-37-26(22)28-34-25-21(7-8-31-27(25)35-28)17-3-2-4-19(29)9-17/h2-4,7-14,16,33H,1,5-6H2,(H,36,37)(H,31,34,35). The van der Waals surface area contributed by atoms with Gasteiger partial charge in [0, 0.05) is 34.6 Å². The molecule has 180 valence electrons. The molecular formula is C28H21FN8. The van der Waals surface area contributed by atoms with E-state index in [2.05, 4.69) is 42.0 Å². The number of hydrogen-bond donors (Lipinski definition) is 3. The lowest BCUT2D eigenvalue weighted by Crippen LogP contribution is -2.00. The summed E-state index contributed by atoms with van der Waals surface area (Å²) in [6.07, 6.45) is 9.36. The van der Waals surface area contributed by atoms with Gasteiger partial charge in [0.2, 0.25) is 0 Å². The predicted molar refractivity (Wildman–Crippen MR) is 141 cm³/mol. The van der Waals surface area contributed by atoms with Gasteiger partial charge in [-0.2, -0.15) is 5.10 Å². The zero-order valence-corrected chi connectivity index (χ0v) is 19.7. The third kappa shape index (κ3) is 3.90. The Morgan fingerprint density at radius 2 is 1.95 bits per heavy atom. The van der Waals surface area contributed by atoms with E-state index in [1.165, 1.54) is 25.0 Å². The maximum atomic E-state index is 13.9. The van der Waals surface area contributed by atoms with Crippen LogP contribution in [0.5, 0.6) is 0 Å². The highest BCUT2D eigenvalue weighted by molar-refractivity contribution is 5.96. The number of H-pyrrole nitrogens is 2. The molecule has 0 spiro atoms. The van der Waals surface area contributed by atoms with Crippen molar-refractivity contribution in [2.75, 3.05) is 5.32 Å². The molecule has 5 aromatic heterocycles. The number of imidazole rings is 1. The van der Waals surface area contributed by atoms with Gasteiger partial charge < -0.3 is 10.3 Å². The monoisotopic (exact) mass is 488 g/mol. The minimum atomic E-state index is -0.300. The summed E-state index contributed by atoms with van der Waals surface area (Å²) in [6.45, 7) is 4.14. The Hall–Kier alpha value is -4.92. The lowest BCUT2D eigenvalue weighted by Gasteiger charge is -2.09. The molecular weight excluding hydrogens is 467 g/mol. The molecule has 0 saturated heterocycles. The van der Waals surface area contributed by atoms with Crippen molar-refractivity contribution < 1.29 is 4.39 Å². The highest BCUT2D eigenvalue weighted by Gasteiger charge is 2.24. The van der Waals surface area contributed by atoms with Crippen LogP contribution in [-0.2, 0) is 0 Å². The summed E-state index contributed by atoms with van der Waals surface area (Å²) in [5.41, 5.74) is 7.77. The van der Waals surface area contributed by atoms with Gasteiger partial charge in [0.05, 0.1) is 34.8 Å². The molecule has 37 heavy (non-hydrogen) atoms. The number of halogens is 1. The molecule has 6 aromatic rings. The van der Waals surface area contributed by atoms with E-state index in [0.29, 0.717) is 28.6 Å². The molecule has 0 aliphatic heterocycles. The SMILES string of the molecule is C=C(Nc1cncc(-c2cc3c(-c4nc5nccc(-c6cccc(F)c6)c5[nH]4)n[nH]c3cn2)c1)C1CC1.